The van der Waals surface area contributed by atoms with E-state index in [4.69, 9.17) is 0 Å². The summed E-state index contributed by atoms with van der Waals surface area (Å²) in [7, 11) is 0. The number of pyridine rings is 1. The Morgan fingerprint density at radius 1 is 0.962 bits per heavy atom. The second kappa shape index (κ2) is 13.5. The van der Waals surface area contributed by atoms with Gasteiger partial charge in [-0.05, 0) is 12.1 Å². The Balaban J connectivity index is 0.00000208. The van der Waals surface area contributed by atoms with E-state index in [0.717, 1.165) is 71.1 Å². The smallest absolute Gasteiger partial charge is 0.223 e. The minimum Gasteiger partial charge on any atom is -0.340 e. The van der Waals surface area contributed by atoms with E-state index in [1.807, 2.05) is 23.2 Å². The minimum atomic E-state index is 0. The molecule has 2 fully saturated rings. The van der Waals surface area contributed by atoms with E-state index in [-0.39, 0.29) is 37.2 Å². The highest BCUT2D eigenvalue weighted by Crippen LogP contribution is 2.08. The van der Waals surface area contributed by atoms with Gasteiger partial charge in [-0.25, -0.2) is 0 Å². The Labute approximate surface area is 174 Å². The van der Waals surface area contributed by atoms with Crippen LogP contribution in [-0.2, 0) is 11.3 Å². The van der Waals surface area contributed by atoms with Crippen LogP contribution in [0, 0.1) is 0 Å². The van der Waals surface area contributed by atoms with Crippen LogP contribution < -0.4 is 5.32 Å². The van der Waals surface area contributed by atoms with Crippen LogP contribution in [0.15, 0.2) is 24.4 Å². The Bertz CT molecular complexity index is 494. The lowest BCUT2D eigenvalue weighted by Gasteiger charge is -2.35. The van der Waals surface area contributed by atoms with Crippen LogP contribution in [0.25, 0.3) is 0 Å². The molecule has 3 heterocycles. The van der Waals surface area contributed by atoms with Crippen molar-refractivity contribution >= 4 is 43.1 Å². The molecule has 2 saturated heterocycles. The Morgan fingerprint density at radius 3 is 2.23 bits per heavy atom. The first-order valence-electron chi connectivity index (χ1n) is 8.64. The van der Waals surface area contributed by atoms with Crippen molar-refractivity contribution in [3.8, 4) is 0 Å². The van der Waals surface area contributed by atoms with Crippen LogP contribution in [-0.4, -0.2) is 84.5 Å². The summed E-state index contributed by atoms with van der Waals surface area (Å²) in [5, 5.41) is 3.28. The molecule has 2 aliphatic heterocycles. The van der Waals surface area contributed by atoms with Crippen LogP contribution in [0.4, 0.5) is 0 Å². The molecule has 0 bridgehead atoms. The molecule has 2 aliphatic rings. The second-order valence-corrected chi connectivity index (χ2v) is 6.32. The molecular formula is C17H30Cl3N5O. The summed E-state index contributed by atoms with van der Waals surface area (Å²) in [6, 6.07) is 6.08. The highest BCUT2D eigenvalue weighted by atomic mass is 35.5. The zero-order valence-electron chi connectivity index (χ0n) is 15.0. The van der Waals surface area contributed by atoms with E-state index in [2.05, 4.69) is 26.2 Å². The van der Waals surface area contributed by atoms with Gasteiger partial charge in [-0.15, -0.1) is 37.2 Å². The predicted molar refractivity (Wildman–Crippen MR) is 112 cm³/mol. The molecule has 0 spiro atoms. The van der Waals surface area contributed by atoms with Crippen LogP contribution in [0.1, 0.15) is 12.1 Å². The Hall–Kier alpha value is -0.630. The van der Waals surface area contributed by atoms with E-state index in [9.17, 15) is 4.79 Å². The number of nitrogens with zero attached hydrogens (tertiary/aromatic N) is 4. The summed E-state index contributed by atoms with van der Waals surface area (Å²) in [5.74, 6) is 0.308. The normalized spacial score (nSPS) is 18.2. The molecular weight excluding hydrogens is 397 g/mol. The molecule has 1 amide bonds. The molecule has 0 atom stereocenters. The third-order valence-electron chi connectivity index (χ3n) is 4.69. The molecule has 26 heavy (non-hydrogen) atoms. The van der Waals surface area contributed by atoms with Crippen molar-refractivity contribution < 1.29 is 4.79 Å². The first kappa shape index (κ1) is 25.4. The maximum atomic E-state index is 12.2. The molecule has 0 saturated carbocycles. The van der Waals surface area contributed by atoms with Crippen molar-refractivity contribution in [1.29, 1.82) is 0 Å². The minimum absolute atomic E-state index is 0. The third-order valence-corrected chi connectivity index (χ3v) is 4.69. The third kappa shape index (κ3) is 7.94. The van der Waals surface area contributed by atoms with Gasteiger partial charge in [0, 0.05) is 78.1 Å². The Morgan fingerprint density at radius 2 is 1.62 bits per heavy atom. The molecule has 9 heteroatoms. The molecule has 0 unspecified atom stereocenters. The summed E-state index contributed by atoms with van der Waals surface area (Å²) in [6.45, 7) is 9.58. The van der Waals surface area contributed by atoms with E-state index >= 15 is 0 Å². The lowest BCUT2D eigenvalue weighted by molar-refractivity contribution is -0.132. The number of hydrogen-bond acceptors (Lipinski definition) is 5. The number of halogens is 3. The highest BCUT2D eigenvalue weighted by molar-refractivity contribution is 5.86. The van der Waals surface area contributed by atoms with Gasteiger partial charge in [0.05, 0.1) is 5.69 Å². The van der Waals surface area contributed by atoms with Gasteiger partial charge in [0.25, 0.3) is 0 Å². The van der Waals surface area contributed by atoms with Gasteiger partial charge in [0.1, 0.15) is 0 Å². The molecule has 6 nitrogen and oxygen atoms in total. The highest BCUT2D eigenvalue weighted by Gasteiger charge is 2.20. The molecule has 150 valence electrons. The number of amides is 1. The van der Waals surface area contributed by atoms with Gasteiger partial charge >= 0.3 is 0 Å². The largest absolute Gasteiger partial charge is 0.340 e. The maximum Gasteiger partial charge on any atom is 0.223 e. The number of carbonyl (C=O) groups is 1. The zero-order valence-corrected chi connectivity index (χ0v) is 17.5. The number of aromatic nitrogens is 1. The summed E-state index contributed by atoms with van der Waals surface area (Å²) in [5.41, 5.74) is 1.13. The van der Waals surface area contributed by atoms with Crippen LogP contribution >= 0.6 is 37.2 Å². The summed E-state index contributed by atoms with van der Waals surface area (Å²) in [4.78, 5) is 23.4. The first-order chi connectivity index (χ1) is 11.3. The van der Waals surface area contributed by atoms with Gasteiger partial charge in [-0.2, -0.15) is 0 Å². The van der Waals surface area contributed by atoms with Gasteiger partial charge < -0.3 is 15.1 Å². The van der Waals surface area contributed by atoms with Gasteiger partial charge in [0.2, 0.25) is 5.91 Å². The van der Waals surface area contributed by atoms with Gasteiger partial charge in [-0.3, -0.25) is 14.7 Å². The molecule has 0 radical (unpaired) electrons. The topological polar surface area (TPSA) is 51.7 Å². The monoisotopic (exact) mass is 425 g/mol. The van der Waals surface area contributed by atoms with Crippen molar-refractivity contribution in [2.24, 2.45) is 0 Å². The predicted octanol–water partition coefficient (Wildman–Crippen LogP) is 1.29. The standard InChI is InChI=1S/C17H27N5O.3ClH/c23-17(22-9-6-18-7-10-22)4-8-20-11-13-21(14-12-20)15-16-3-1-2-5-19-16;;;/h1-3,5,18H,4,6-15H2;3*1H. The number of piperazine rings is 2. The number of carbonyl (C=O) groups excluding carboxylic acids is 1. The SMILES string of the molecule is Cl.Cl.Cl.O=C(CCN1CCN(Cc2ccccn2)CC1)N1CCNCC1. The fourth-order valence-corrected chi connectivity index (χ4v) is 3.22. The van der Waals surface area contributed by atoms with Gasteiger partial charge in [-0.1, -0.05) is 6.07 Å². The summed E-state index contributed by atoms with van der Waals surface area (Å²) in [6.07, 6.45) is 2.51. The average Bonchev–Trinajstić information content (AvgIpc) is 2.62. The van der Waals surface area contributed by atoms with Crippen molar-refractivity contribution in [1.82, 2.24) is 25.0 Å². The van der Waals surface area contributed by atoms with E-state index in [1.54, 1.807) is 0 Å². The first-order valence-corrected chi connectivity index (χ1v) is 8.64. The summed E-state index contributed by atoms with van der Waals surface area (Å²) >= 11 is 0. The lowest BCUT2D eigenvalue weighted by Crippen LogP contribution is -2.49. The quantitative estimate of drug-likeness (QED) is 0.769. The van der Waals surface area contributed by atoms with Crippen LogP contribution in [0.5, 0.6) is 0 Å². The van der Waals surface area contributed by atoms with Crippen molar-refractivity contribution in [2.75, 3.05) is 58.9 Å². The van der Waals surface area contributed by atoms with Crippen LogP contribution in [0.3, 0.4) is 0 Å². The van der Waals surface area contributed by atoms with Gasteiger partial charge in [0.15, 0.2) is 0 Å². The molecule has 1 aromatic rings. The number of rotatable bonds is 5. The molecule has 0 aliphatic carbocycles. The summed E-state index contributed by atoms with van der Waals surface area (Å²) < 4.78 is 0. The Kier molecular flexibility index (Phi) is 13.2. The van der Waals surface area contributed by atoms with E-state index in [1.165, 1.54) is 0 Å². The maximum absolute atomic E-state index is 12.2. The fourth-order valence-electron chi connectivity index (χ4n) is 3.22. The van der Waals surface area contributed by atoms with E-state index < -0.39 is 0 Å². The lowest BCUT2D eigenvalue weighted by atomic mass is 10.2. The molecule has 1 aromatic heterocycles. The van der Waals surface area contributed by atoms with Crippen LogP contribution in [0.2, 0.25) is 0 Å². The molecule has 0 aromatic carbocycles. The van der Waals surface area contributed by atoms with Crippen molar-refractivity contribution in [2.45, 2.75) is 13.0 Å². The number of hydrogen-bond donors (Lipinski definition) is 1. The van der Waals surface area contributed by atoms with Crippen molar-refractivity contribution in [3.63, 3.8) is 0 Å². The van der Waals surface area contributed by atoms with E-state index in [0.29, 0.717) is 12.3 Å². The second-order valence-electron chi connectivity index (χ2n) is 6.32. The molecule has 1 N–H and O–H groups in total. The number of nitrogens with one attached hydrogen (secondary N) is 1. The fraction of sp³-hybridized carbons (Fsp3) is 0.647. The average molecular weight is 427 g/mol. The zero-order chi connectivity index (χ0) is 15.9. The molecule has 3 rings (SSSR count). The van der Waals surface area contributed by atoms with Crippen molar-refractivity contribution in [3.05, 3.63) is 30.1 Å².